The highest BCUT2D eigenvalue weighted by atomic mass is 16.5. The maximum atomic E-state index is 12.9. The SMILES string of the molecule is CCOC(=O)c1[nH]c2ccc(CCC3NC(=O)N(Cc4ccccc4)C3=O)cc2c1CCN(C)C. The quantitative estimate of drug-likeness (QED) is 0.345. The van der Waals surface area contributed by atoms with E-state index in [4.69, 9.17) is 4.74 Å². The van der Waals surface area contributed by atoms with E-state index in [1.165, 1.54) is 4.90 Å². The van der Waals surface area contributed by atoms with Gasteiger partial charge >= 0.3 is 12.0 Å². The number of nitrogens with zero attached hydrogens (tertiary/aromatic N) is 2. The molecule has 2 N–H and O–H groups in total. The number of H-pyrrole nitrogens is 1. The van der Waals surface area contributed by atoms with Crippen LogP contribution >= 0.6 is 0 Å². The molecule has 3 amide bonds. The van der Waals surface area contributed by atoms with Crippen LogP contribution in [-0.4, -0.2) is 66.0 Å². The van der Waals surface area contributed by atoms with E-state index in [0.717, 1.165) is 34.1 Å². The first kappa shape index (κ1) is 24.5. The summed E-state index contributed by atoms with van der Waals surface area (Å²) in [5.41, 5.74) is 4.27. The lowest BCUT2D eigenvalue weighted by Crippen LogP contribution is -2.31. The average Bonchev–Trinajstić information content (AvgIpc) is 3.34. The molecule has 1 aromatic heterocycles. The van der Waals surface area contributed by atoms with Gasteiger partial charge < -0.3 is 19.9 Å². The summed E-state index contributed by atoms with van der Waals surface area (Å²) < 4.78 is 5.26. The van der Waals surface area contributed by atoms with Gasteiger partial charge in [0.05, 0.1) is 13.2 Å². The lowest BCUT2D eigenvalue weighted by atomic mass is 10.0. The first-order valence-electron chi connectivity index (χ1n) is 12.0. The molecular formula is C27H32N4O4. The first-order valence-corrected chi connectivity index (χ1v) is 12.0. The number of aromatic amines is 1. The summed E-state index contributed by atoms with van der Waals surface area (Å²) in [6.07, 6.45) is 1.83. The average molecular weight is 477 g/mol. The van der Waals surface area contributed by atoms with Gasteiger partial charge in [0, 0.05) is 17.4 Å². The second kappa shape index (κ2) is 10.7. The smallest absolute Gasteiger partial charge is 0.355 e. The van der Waals surface area contributed by atoms with Crippen LogP contribution in [0.3, 0.4) is 0 Å². The molecule has 4 rings (SSSR count). The fourth-order valence-corrected chi connectivity index (χ4v) is 4.42. The fourth-order valence-electron chi connectivity index (χ4n) is 4.42. The van der Waals surface area contributed by atoms with Gasteiger partial charge in [0.25, 0.3) is 5.91 Å². The second-order valence-electron chi connectivity index (χ2n) is 9.08. The van der Waals surface area contributed by atoms with Crippen LogP contribution in [0.2, 0.25) is 0 Å². The molecule has 0 radical (unpaired) electrons. The Bertz CT molecular complexity index is 1220. The van der Waals surface area contributed by atoms with Gasteiger partial charge in [0.2, 0.25) is 0 Å². The van der Waals surface area contributed by atoms with Crippen molar-refractivity contribution in [2.45, 2.75) is 38.8 Å². The highest BCUT2D eigenvalue weighted by molar-refractivity contribution is 6.04. The van der Waals surface area contributed by atoms with Crippen LogP contribution in [0.15, 0.2) is 48.5 Å². The summed E-state index contributed by atoms with van der Waals surface area (Å²) in [7, 11) is 4.00. The third-order valence-corrected chi connectivity index (χ3v) is 6.27. The third-order valence-electron chi connectivity index (χ3n) is 6.27. The van der Waals surface area contributed by atoms with E-state index in [9.17, 15) is 14.4 Å². The number of esters is 1. The van der Waals surface area contributed by atoms with Crippen molar-refractivity contribution in [1.82, 2.24) is 20.1 Å². The van der Waals surface area contributed by atoms with E-state index in [1.54, 1.807) is 6.92 Å². The predicted molar refractivity (Wildman–Crippen MR) is 134 cm³/mol. The highest BCUT2D eigenvalue weighted by Crippen LogP contribution is 2.26. The molecule has 2 aromatic carbocycles. The van der Waals surface area contributed by atoms with Crippen molar-refractivity contribution >= 4 is 28.8 Å². The van der Waals surface area contributed by atoms with Crippen LogP contribution in [0.1, 0.15) is 40.5 Å². The lowest BCUT2D eigenvalue weighted by Gasteiger charge is -2.13. The molecule has 8 nitrogen and oxygen atoms in total. The number of amides is 3. The number of urea groups is 1. The van der Waals surface area contributed by atoms with E-state index in [0.29, 0.717) is 31.6 Å². The van der Waals surface area contributed by atoms with Crippen LogP contribution in [0.5, 0.6) is 0 Å². The molecule has 184 valence electrons. The number of carbonyl (C=O) groups excluding carboxylic acids is 3. The van der Waals surface area contributed by atoms with Gasteiger partial charge in [-0.05, 0) is 69.1 Å². The van der Waals surface area contributed by atoms with E-state index >= 15 is 0 Å². The molecule has 1 fully saturated rings. The Hall–Kier alpha value is -3.65. The summed E-state index contributed by atoms with van der Waals surface area (Å²) in [4.78, 5) is 44.4. The van der Waals surface area contributed by atoms with Crippen molar-refractivity contribution in [3.8, 4) is 0 Å². The molecule has 2 heterocycles. The van der Waals surface area contributed by atoms with Gasteiger partial charge in [-0.3, -0.25) is 9.69 Å². The third kappa shape index (κ3) is 5.54. The van der Waals surface area contributed by atoms with Crippen molar-refractivity contribution in [1.29, 1.82) is 0 Å². The topological polar surface area (TPSA) is 94.7 Å². The number of hydrogen-bond acceptors (Lipinski definition) is 5. The molecule has 0 bridgehead atoms. The second-order valence-corrected chi connectivity index (χ2v) is 9.08. The Kier molecular flexibility index (Phi) is 7.51. The molecule has 0 saturated carbocycles. The Morgan fingerprint density at radius 1 is 1.06 bits per heavy atom. The largest absolute Gasteiger partial charge is 0.461 e. The summed E-state index contributed by atoms with van der Waals surface area (Å²) in [6.45, 7) is 3.17. The minimum atomic E-state index is -0.545. The molecule has 35 heavy (non-hydrogen) atoms. The van der Waals surface area contributed by atoms with E-state index < -0.39 is 6.04 Å². The number of rotatable bonds is 10. The van der Waals surface area contributed by atoms with Gasteiger partial charge in [-0.1, -0.05) is 36.4 Å². The number of likely N-dealkylation sites (N-methyl/N-ethyl adjacent to an activating group) is 1. The molecule has 1 aliphatic heterocycles. The number of benzene rings is 2. The van der Waals surface area contributed by atoms with Gasteiger partial charge in [0.1, 0.15) is 11.7 Å². The lowest BCUT2D eigenvalue weighted by molar-refractivity contribution is -0.128. The van der Waals surface area contributed by atoms with Crippen LogP contribution in [0.4, 0.5) is 4.79 Å². The molecule has 0 aliphatic carbocycles. The number of carbonyl (C=O) groups is 3. The molecular weight excluding hydrogens is 444 g/mol. The monoisotopic (exact) mass is 476 g/mol. The molecule has 1 unspecified atom stereocenters. The summed E-state index contributed by atoms with van der Waals surface area (Å²) in [5, 5.41) is 3.81. The van der Waals surface area contributed by atoms with Crippen LogP contribution < -0.4 is 5.32 Å². The van der Waals surface area contributed by atoms with Gasteiger partial charge in [-0.15, -0.1) is 0 Å². The van der Waals surface area contributed by atoms with Gasteiger partial charge in [-0.25, -0.2) is 9.59 Å². The number of fused-ring (bicyclic) bond motifs is 1. The number of aryl methyl sites for hydroxylation is 1. The summed E-state index contributed by atoms with van der Waals surface area (Å²) in [5.74, 6) is -0.547. The van der Waals surface area contributed by atoms with Crippen LogP contribution in [0, 0.1) is 0 Å². The maximum Gasteiger partial charge on any atom is 0.355 e. The molecule has 1 atom stereocenters. The molecule has 1 aliphatic rings. The van der Waals surface area contributed by atoms with E-state index in [-0.39, 0.29) is 24.5 Å². The number of aromatic nitrogens is 1. The first-order chi connectivity index (χ1) is 16.9. The molecule has 3 aromatic rings. The predicted octanol–water partition coefficient (Wildman–Crippen LogP) is 3.50. The Morgan fingerprint density at radius 3 is 2.54 bits per heavy atom. The number of ether oxygens (including phenoxy) is 1. The van der Waals surface area contributed by atoms with Crippen molar-refractivity contribution in [2.24, 2.45) is 0 Å². The van der Waals surface area contributed by atoms with Crippen molar-refractivity contribution in [3.05, 3.63) is 70.9 Å². The zero-order chi connectivity index (χ0) is 24.9. The van der Waals surface area contributed by atoms with Crippen molar-refractivity contribution in [2.75, 3.05) is 27.2 Å². The maximum absolute atomic E-state index is 12.9. The molecule has 8 heteroatoms. The summed E-state index contributed by atoms with van der Waals surface area (Å²) in [6, 6.07) is 14.6. The zero-order valence-corrected chi connectivity index (χ0v) is 20.5. The van der Waals surface area contributed by atoms with E-state index in [1.807, 2.05) is 56.6 Å². The van der Waals surface area contributed by atoms with Gasteiger partial charge in [0.15, 0.2) is 0 Å². The highest BCUT2D eigenvalue weighted by Gasteiger charge is 2.37. The van der Waals surface area contributed by atoms with Crippen molar-refractivity contribution < 1.29 is 19.1 Å². The minimum Gasteiger partial charge on any atom is -0.461 e. The minimum absolute atomic E-state index is 0.196. The standard InChI is InChI=1S/C27H32N4O4/c1-4-35-26(33)24-20(14-15-30(2)3)21-16-18(10-12-22(21)28-24)11-13-23-25(32)31(27(34)29-23)17-19-8-6-5-7-9-19/h5-10,12,16,23,28H,4,11,13-15,17H2,1-3H3,(H,29,34). The molecule has 0 spiro atoms. The number of nitrogens with one attached hydrogen (secondary N) is 2. The zero-order valence-electron chi connectivity index (χ0n) is 20.5. The molecule has 1 saturated heterocycles. The van der Waals surface area contributed by atoms with Gasteiger partial charge in [-0.2, -0.15) is 0 Å². The van der Waals surface area contributed by atoms with Crippen LogP contribution in [0.25, 0.3) is 10.9 Å². The fraction of sp³-hybridized carbons (Fsp3) is 0.370. The van der Waals surface area contributed by atoms with E-state index in [2.05, 4.69) is 21.3 Å². The summed E-state index contributed by atoms with van der Waals surface area (Å²) >= 11 is 0. The van der Waals surface area contributed by atoms with Crippen molar-refractivity contribution in [3.63, 3.8) is 0 Å². The normalized spacial score (nSPS) is 15.8. The number of hydrogen-bond donors (Lipinski definition) is 2. The Balaban J connectivity index is 1.49. The number of imide groups is 1. The Morgan fingerprint density at radius 2 is 1.83 bits per heavy atom. The van der Waals surface area contributed by atoms with Crippen LogP contribution in [-0.2, 0) is 28.9 Å². The Labute approximate surface area is 205 Å².